The number of pyridine rings is 1. The summed E-state index contributed by atoms with van der Waals surface area (Å²) in [4.78, 5) is 19.9. The number of hydrogen-bond donors (Lipinski definition) is 1. The molecular weight excluding hydrogens is 338 g/mol. The summed E-state index contributed by atoms with van der Waals surface area (Å²) in [7, 11) is 0. The molecule has 0 atom stereocenters. The lowest BCUT2D eigenvalue weighted by atomic mass is 9.62. The molecule has 0 aliphatic heterocycles. The number of aryl methyl sites for hydroxylation is 1. The number of nitrogens with one attached hydrogen (secondary N) is 1. The van der Waals surface area contributed by atoms with Crippen LogP contribution in [0.1, 0.15) is 76.9 Å². The molecule has 148 valence electrons. The number of nitrogens with zero attached hydrogens (tertiary/aromatic N) is 2. The molecule has 5 heteroatoms. The van der Waals surface area contributed by atoms with E-state index in [-0.39, 0.29) is 5.69 Å². The lowest BCUT2D eigenvalue weighted by Gasteiger charge is -2.46. The number of aromatic amines is 1. The summed E-state index contributed by atoms with van der Waals surface area (Å²) in [5, 5.41) is 0. The lowest BCUT2D eigenvalue weighted by molar-refractivity contribution is -0.0192. The van der Waals surface area contributed by atoms with Crippen molar-refractivity contribution in [3.05, 3.63) is 28.4 Å². The van der Waals surface area contributed by atoms with Crippen LogP contribution in [0.2, 0.25) is 0 Å². The minimum atomic E-state index is 0.0179. The average molecular weight is 372 g/mol. The van der Waals surface area contributed by atoms with Crippen molar-refractivity contribution in [2.45, 2.75) is 84.3 Å². The first-order valence-corrected chi connectivity index (χ1v) is 10.7. The van der Waals surface area contributed by atoms with Crippen LogP contribution in [0, 0.1) is 18.3 Å². The molecule has 4 rings (SSSR count). The van der Waals surface area contributed by atoms with Crippen LogP contribution in [-0.2, 0) is 4.74 Å². The van der Waals surface area contributed by atoms with Gasteiger partial charge in [-0.3, -0.25) is 9.55 Å². The minimum absolute atomic E-state index is 0.0179. The third kappa shape index (κ3) is 3.58. The van der Waals surface area contributed by atoms with Crippen LogP contribution in [0.3, 0.4) is 0 Å². The largest absolute Gasteiger partial charge is 0.379 e. The predicted molar refractivity (Wildman–Crippen MR) is 108 cm³/mol. The van der Waals surface area contributed by atoms with Crippen molar-refractivity contribution in [2.24, 2.45) is 11.3 Å². The molecule has 2 aliphatic rings. The highest BCUT2D eigenvalue weighted by Gasteiger charge is 2.40. The van der Waals surface area contributed by atoms with Gasteiger partial charge < -0.3 is 9.72 Å². The van der Waals surface area contributed by atoms with Gasteiger partial charge in [0, 0.05) is 18.3 Å². The molecule has 0 unspecified atom stereocenters. The maximum absolute atomic E-state index is 12.6. The summed E-state index contributed by atoms with van der Waals surface area (Å²) in [5.74, 6) is 0.778. The number of imidazole rings is 1. The van der Waals surface area contributed by atoms with Gasteiger partial charge in [0.2, 0.25) is 0 Å². The zero-order valence-corrected chi connectivity index (χ0v) is 17.0. The SMILES string of the molecule is CCOC1CCC(C)(C2CCC(n3c(=O)[nH]c4cnc(C)cc43)CC2)CC1. The van der Waals surface area contributed by atoms with E-state index in [9.17, 15) is 4.79 Å². The predicted octanol–water partition coefficient (Wildman–Crippen LogP) is 4.75. The molecule has 0 spiro atoms. The molecule has 2 aromatic rings. The molecule has 2 aliphatic carbocycles. The van der Waals surface area contributed by atoms with Crippen molar-refractivity contribution in [3.8, 4) is 0 Å². The zero-order chi connectivity index (χ0) is 19.0. The van der Waals surface area contributed by atoms with Crippen molar-refractivity contribution in [3.63, 3.8) is 0 Å². The summed E-state index contributed by atoms with van der Waals surface area (Å²) in [6.45, 7) is 7.41. The van der Waals surface area contributed by atoms with E-state index < -0.39 is 0 Å². The van der Waals surface area contributed by atoms with Gasteiger partial charge in [-0.1, -0.05) is 6.92 Å². The molecule has 2 heterocycles. The molecule has 0 bridgehead atoms. The van der Waals surface area contributed by atoms with Crippen LogP contribution in [0.15, 0.2) is 17.1 Å². The van der Waals surface area contributed by atoms with Crippen LogP contribution in [0.4, 0.5) is 0 Å². The van der Waals surface area contributed by atoms with E-state index in [0.29, 0.717) is 17.6 Å². The fraction of sp³-hybridized carbons (Fsp3) is 0.727. The number of H-pyrrole nitrogens is 1. The van der Waals surface area contributed by atoms with Crippen LogP contribution in [-0.4, -0.2) is 27.2 Å². The van der Waals surface area contributed by atoms with E-state index in [1.54, 1.807) is 6.20 Å². The molecule has 5 nitrogen and oxygen atoms in total. The van der Waals surface area contributed by atoms with Gasteiger partial charge >= 0.3 is 5.69 Å². The number of hydrogen-bond acceptors (Lipinski definition) is 3. The van der Waals surface area contributed by atoms with Crippen molar-refractivity contribution >= 4 is 11.0 Å². The van der Waals surface area contributed by atoms with Gasteiger partial charge in [0.1, 0.15) is 0 Å². The average Bonchev–Trinajstić information content (AvgIpc) is 2.99. The minimum Gasteiger partial charge on any atom is -0.379 e. The Kier molecular flexibility index (Phi) is 5.15. The van der Waals surface area contributed by atoms with Gasteiger partial charge in [0.15, 0.2) is 0 Å². The molecule has 0 aromatic carbocycles. The maximum Gasteiger partial charge on any atom is 0.326 e. The Morgan fingerprint density at radius 3 is 2.59 bits per heavy atom. The Morgan fingerprint density at radius 1 is 1.22 bits per heavy atom. The van der Waals surface area contributed by atoms with E-state index in [2.05, 4.69) is 23.8 Å². The number of fused-ring (bicyclic) bond motifs is 1. The molecule has 1 N–H and O–H groups in total. The van der Waals surface area contributed by atoms with Gasteiger partial charge in [-0.05, 0) is 82.6 Å². The fourth-order valence-corrected chi connectivity index (χ4v) is 5.58. The molecule has 2 aromatic heterocycles. The summed E-state index contributed by atoms with van der Waals surface area (Å²) in [5.41, 5.74) is 3.30. The van der Waals surface area contributed by atoms with E-state index in [1.807, 2.05) is 17.6 Å². The Morgan fingerprint density at radius 2 is 1.93 bits per heavy atom. The number of aromatic nitrogens is 3. The van der Waals surface area contributed by atoms with Gasteiger partial charge in [0.25, 0.3) is 0 Å². The van der Waals surface area contributed by atoms with Crippen molar-refractivity contribution < 1.29 is 4.74 Å². The molecule has 2 saturated carbocycles. The Bertz CT molecular complexity index is 837. The first-order chi connectivity index (χ1) is 13.0. The van der Waals surface area contributed by atoms with E-state index in [0.717, 1.165) is 42.1 Å². The summed E-state index contributed by atoms with van der Waals surface area (Å²) in [6, 6.07) is 2.35. The second-order valence-electron chi connectivity index (χ2n) is 8.96. The molecule has 2 fully saturated rings. The smallest absolute Gasteiger partial charge is 0.326 e. The fourth-order valence-electron chi connectivity index (χ4n) is 5.58. The lowest BCUT2D eigenvalue weighted by Crippen LogP contribution is -2.37. The van der Waals surface area contributed by atoms with Gasteiger partial charge in [-0.15, -0.1) is 0 Å². The summed E-state index contributed by atoms with van der Waals surface area (Å²) in [6.07, 6.45) is 11.9. The Labute approximate surface area is 161 Å². The van der Waals surface area contributed by atoms with E-state index >= 15 is 0 Å². The highest BCUT2D eigenvalue weighted by molar-refractivity contribution is 5.74. The van der Waals surface area contributed by atoms with Gasteiger partial charge in [0.05, 0.1) is 23.3 Å². The third-order valence-corrected chi connectivity index (χ3v) is 7.26. The number of ether oxygens (including phenoxy) is 1. The van der Waals surface area contributed by atoms with E-state index in [4.69, 9.17) is 4.74 Å². The Balaban J connectivity index is 1.45. The normalized spacial score (nSPS) is 32.0. The standard InChI is InChI=1S/C22H33N3O2/c1-4-27-18-9-11-22(3,12-10-18)16-5-7-17(8-6-16)25-20-13-15(2)23-14-19(20)24-21(25)26/h13-14,16-18H,4-12H2,1-3H3,(H,24,26). The zero-order valence-electron chi connectivity index (χ0n) is 17.0. The van der Waals surface area contributed by atoms with Crippen molar-refractivity contribution in [2.75, 3.05) is 6.61 Å². The van der Waals surface area contributed by atoms with E-state index in [1.165, 1.54) is 38.5 Å². The monoisotopic (exact) mass is 371 g/mol. The number of rotatable bonds is 4. The van der Waals surface area contributed by atoms with Crippen LogP contribution >= 0.6 is 0 Å². The van der Waals surface area contributed by atoms with Crippen molar-refractivity contribution in [1.29, 1.82) is 0 Å². The quantitative estimate of drug-likeness (QED) is 0.844. The maximum atomic E-state index is 12.6. The van der Waals surface area contributed by atoms with Crippen LogP contribution in [0.25, 0.3) is 11.0 Å². The highest BCUT2D eigenvalue weighted by atomic mass is 16.5. The molecule has 0 radical (unpaired) electrons. The molecule has 27 heavy (non-hydrogen) atoms. The van der Waals surface area contributed by atoms with Gasteiger partial charge in [-0.2, -0.15) is 0 Å². The Hall–Kier alpha value is -1.62. The first-order valence-electron chi connectivity index (χ1n) is 10.7. The highest BCUT2D eigenvalue weighted by Crippen LogP contribution is 2.49. The third-order valence-electron chi connectivity index (χ3n) is 7.26. The van der Waals surface area contributed by atoms with Crippen LogP contribution < -0.4 is 5.69 Å². The summed E-state index contributed by atoms with van der Waals surface area (Å²) < 4.78 is 7.84. The summed E-state index contributed by atoms with van der Waals surface area (Å²) >= 11 is 0. The second-order valence-corrected chi connectivity index (χ2v) is 8.96. The topological polar surface area (TPSA) is 59.9 Å². The van der Waals surface area contributed by atoms with Crippen LogP contribution in [0.5, 0.6) is 0 Å². The second kappa shape index (κ2) is 7.42. The molecular formula is C22H33N3O2. The first kappa shape index (κ1) is 18.7. The van der Waals surface area contributed by atoms with Gasteiger partial charge in [-0.25, -0.2) is 4.79 Å². The van der Waals surface area contributed by atoms with Crippen molar-refractivity contribution in [1.82, 2.24) is 14.5 Å². The molecule has 0 amide bonds. The molecule has 0 saturated heterocycles.